The number of alkyl halides is 1. The molecule has 3 aliphatic heterocycles. The maximum absolute atomic E-state index is 16.5. The number of hydrazone groups is 1. The molecule has 0 radical (unpaired) electrons. The van der Waals surface area contributed by atoms with E-state index in [4.69, 9.17) is 18.9 Å². The Kier molecular flexibility index (Phi) is 9.33. The van der Waals surface area contributed by atoms with Gasteiger partial charge in [-0.1, -0.05) is 84.6 Å². The van der Waals surface area contributed by atoms with Crippen LogP contribution in [-0.4, -0.2) is 64.8 Å². The summed E-state index contributed by atoms with van der Waals surface area (Å²) >= 11 is 1.32. The van der Waals surface area contributed by atoms with Crippen molar-refractivity contribution in [2.75, 3.05) is 19.5 Å². The number of hydrogen-bond donors (Lipinski definition) is 1. The first-order chi connectivity index (χ1) is 19.5. The lowest BCUT2D eigenvalue weighted by atomic mass is 10.0. The Bertz CT molecular complexity index is 1270. The minimum absolute atomic E-state index is 0.0258. The molecule has 4 atom stereocenters. The van der Waals surface area contributed by atoms with E-state index in [2.05, 4.69) is 10.1 Å². The number of halogens is 1. The number of rotatable bonds is 9. The van der Waals surface area contributed by atoms with Crippen molar-refractivity contribution in [2.45, 2.75) is 57.1 Å². The molecule has 0 unspecified atom stereocenters. The van der Waals surface area contributed by atoms with E-state index in [-0.39, 0.29) is 18.9 Å². The fourth-order valence-corrected chi connectivity index (χ4v) is 5.18. The maximum Gasteiger partial charge on any atom is 0.245 e. The molecule has 0 aliphatic carbocycles. The van der Waals surface area contributed by atoms with E-state index in [1.165, 1.54) is 16.8 Å². The number of ether oxygens (including phenoxy) is 4. The summed E-state index contributed by atoms with van der Waals surface area (Å²) in [6, 6.07) is 19.2. The summed E-state index contributed by atoms with van der Waals surface area (Å²) in [5.41, 5.74) is 2.57. The van der Waals surface area contributed by atoms with Crippen LogP contribution >= 0.6 is 11.8 Å². The number of fused-ring (bicyclic) bond motifs is 1. The van der Waals surface area contributed by atoms with Gasteiger partial charge in [0.2, 0.25) is 16.9 Å². The van der Waals surface area contributed by atoms with E-state index in [1.54, 1.807) is 6.08 Å². The quantitative estimate of drug-likeness (QED) is 0.448. The highest BCUT2D eigenvalue weighted by molar-refractivity contribution is 8.13. The minimum atomic E-state index is -2.34. The molecular formula is C30H34FN3O5S. The van der Waals surface area contributed by atoms with Crippen LogP contribution in [0.4, 0.5) is 4.39 Å². The molecule has 3 aliphatic rings. The average Bonchev–Trinajstić information content (AvgIpc) is 3.10. The Labute approximate surface area is 238 Å². The summed E-state index contributed by atoms with van der Waals surface area (Å²) in [7, 11) is 0. The van der Waals surface area contributed by atoms with Crippen LogP contribution in [0.2, 0.25) is 0 Å². The van der Waals surface area contributed by atoms with E-state index >= 15 is 4.39 Å². The highest BCUT2D eigenvalue weighted by Gasteiger charge is 2.60. The number of thioether (sulfide) groups is 1. The minimum Gasteiger partial charge on any atom is -0.476 e. The predicted octanol–water partition coefficient (Wildman–Crippen LogP) is 5.16. The summed E-state index contributed by atoms with van der Waals surface area (Å²) < 4.78 is 40.4. The number of allylic oxidation sites excluding steroid dienone is 2. The fraction of sp³-hybridized carbons (Fsp3) is 0.400. The second kappa shape index (κ2) is 13.1. The summed E-state index contributed by atoms with van der Waals surface area (Å²) in [5, 5.41) is 18.5. The average molecular weight is 568 g/mol. The first-order valence-corrected chi connectivity index (χ1v) is 14.6. The van der Waals surface area contributed by atoms with Crippen LogP contribution in [0.3, 0.4) is 0 Å². The SMILES string of the molecule is CCOC1=NC(SC)=NN2C1=CCCC=C2[C@]1(O)O[C@H](COCc2ccccc2)[C@@H](OCc2ccccc2)[C@H]1F. The fourth-order valence-electron chi connectivity index (χ4n) is 4.84. The molecule has 0 amide bonds. The van der Waals surface area contributed by atoms with Crippen LogP contribution in [0.1, 0.15) is 30.9 Å². The molecule has 212 valence electrons. The van der Waals surface area contributed by atoms with Crippen LogP contribution < -0.4 is 0 Å². The molecule has 1 fully saturated rings. The highest BCUT2D eigenvalue weighted by atomic mass is 32.2. The molecule has 8 nitrogen and oxygen atoms in total. The molecule has 0 bridgehead atoms. The van der Waals surface area contributed by atoms with Gasteiger partial charge in [0.05, 0.1) is 26.4 Å². The first kappa shape index (κ1) is 28.5. The molecule has 1 saturated heterocycles. The van der Waals surface area contributed by atoms with Gasteiger partial charge in [0, 0.05) is 0 Å². The van der Waals surface area contributed by atoms with E-state index in [0.717, 1.165) is 11.1 Å². The summed E-state index contributed by atoms with van der Waals surface area (Å²) in [5.74, 6) is -1.97. The topological polar surface area (TPSA) is 85.1 Å². The molecule has 1 N–H and O–H groups in total. The number of aliphatic hydroxyl groups is 1. The van der Waals surface area contributed by atoms with Gasteiger partial charge in [0.25, 0.3) is 0 Å². The lowest BCUT2D eigenvalue weighted by Crippen LogP contribution is -2.48. The molecule has 2 aromatic rings. The first-order valence-electron chi connectivity index (χ1n) is 13.4. The highest BCUT2D eigenvalue weighted by Crippen LogP contribution is 2.43. The van der Waals surface area contributed by atoms with Gasteiger partial charge in [-0.05, 0) is 37.1 Å². The number of aliphatic imine (C=N–C) groups is 1. The van der Waals surface area contributed by atoms with Gasteiger partial charge in [0.1, 0.15) is 23.6 Å². The van der Waals surface area contributed by atoms with Crippen LogP contribution in [-0.2, 0) is 32.2 Å². The van der Waals surface area contributed by atoms with Gasteiger partial charge in [-0.2, -0.15) is 4.99 Å². The Balaban J connectivity index is 1.42. The lowest BCUT2D eigenvalue weighted by Gasteiger charge is -2.35. The standard InChI is InChI=1S/C30H34FN3O5S/c1-3-37-28-23-16-10-11-17-25(34(23)33-29(32-28)40-2)30(35)27(31)26(38-19-22-14-8-5-9-15-22)24(39-30)20-36-18-21-12-6-4-7-13-21/h4-9,12-17,24,26-27,35H,3,10-11,18-20H2,1-2H3/t24-,26-,27-,30+/m1/s1. The van der Waals surface area contributed by atoms with Crippen LogP contribution in [0.5, 0.6) is 0 Å². The van der Waals surface area contributed by atoms with Gasteiger partial charge in [-0.3, -0.25) is 0 Å². The Morgan fingerprint density at radius 2 is 1.73 bits per heavy atom. The van der Waals surface area contributed by atoms with Crippen molar-refractivity contribution in [2.24, 2.45) is 10.1 Å². The molecule has 0 spiro atoms. The molecule has 0 saturated carbocycles. The number of benzene rings is 2. The molecule has 0 aromatic heterocycles. The summed E-state index contributed by atoms with van der Waals surface area (Å²) in [6.07, 6.45) is 2.81. The predicted molar refractivity (Wildman–Crippen MR) is 153 cm³/mol. The third-order valence-corrected chi connectivity index (χ3v) is 7.31. The maximum atomic E-state index is 16.5. The second-order valence-corrected chi connectivity index (χ2v) is 10.3. The van der Waals surface area contributed by atoms with Crippen molar-refractivity contribution < 1.29 is 28.4 Å². The van der Waals surface area contributed by atoms with Gasteiger partial charge in [0.15, 0.2) is 6.17 Å². The Morgan fingerprint density at radius 3 is 2.40 bits per heavy atom. The van der Waals surface area contributed by atoms with E-state index in [9.17, 15) is 5.11 Å². The summed E-state index contributed by atoms with van der Waals surface area (Å²) in [4.78, 5) is 4.49. The second-order valence-electron chi connectivity index (χ2n) is 9.52. The van der Waals surface area contributed by atoms with Crippen LogP contribution in [0.15, 0.2) is 94.3 Å². The van der Waals surface area contributed by atoms with Gasteiger partial charge in [-0.25, -0.2) is 9.40 Å². The van der Waals surface area contributed by atoms with Crippen LogP contribution in [0, 0.1) is 0 Å². The van der Waals surface area contributed by atoms with Crippen LogP contribution in [0.25, 0.3) is 0 Å². The molecule has 3 heterocycles. The number of amidine groups is 1. The zero-order valence-corrected chi connectivity index (χ0v) is 23.4. The van der Waals surface area contributed by atoms with Crippen molar-refractivity contribution >= 4 is 22.8 Å². The number of hydrogen-bond acceptors (Lipinski definition) is 9. The Morgan fingerprint density at radius 1 is 1.05 bits per heavy atom. The van der Waals surface area contributed by atoms with Gasteiger partial charge in [-0.15, -0.1) is 5.10 Å². The largest absolute Gasteiger partial charge is 0.476 e. The van der Waals surface area contributed by atoms with E-state index in [1.807, 2.05) is 79.9 Å². The molecule has 5 rings (SSSR count). The van der Waals surface area contributed by atoms with E-state index < -0.39 is 24.2 Å². The monoisotopic (exact) mass is 567 g/mol. The molecule has 2 aromatic carbocycles. The Hall–Kier alpha value is -3.02. The third-order valence-electron chi connectivity index (χ3n) is 6.77. The zero-order valence-electron chi connectivity index (χ0n) is 22.6. The van der Waals surface area contributed by atoms with Gasteiger partial charge >= 0.3 is 0 Å². The van der Waals surface area contributed by atoms with Crippen molar-refractivity contribution in [1.29, 1.82) is 0 Å². The lowest BCUT2D eigenvalue weighted by molar-refractivity contribution is -0.204. The summed E-state index contributed by atoms with van der Waals surface area (Å²) in [6.45, 7) is 2.76. The third kappa shape index (κ3) is 6.16. The molecular weight excluding hydrogens is 533 g/mol. The molecule has 10 heteroatoms. The molecule has 40 heavy (non-hydrogen) atoms. The van der Waals surface area contributed by atoms with Crippen molar-refractivity contribution in [3.8, 4) is 0 Å². The smallest absolute Gasteiger partial charge is 0.245 e. The van der Waals surface area contributed by atoms with Crippen molar-refractivity contribution in [1.82, 2.24) is 5.01 Å². The van der Waals surface area contributed by atoms with Crippen molar-refractivity contribution in [3.63, 3.8) is 0 Å². The van der Waals surface area contributed by atoms with E-state index in [0.29, 0.717) is 42.8 Å². The number of nitrogens with zero attached hydrogens (tertiary/aromatic N) is 3. The van der Waals surface area contributed by atoms with Crippen molar-refractivity contribution in [3.05, 3.63) is 95.3 Å². The van der Waals surface area contributed by atoms with Gasteiger partial charge < -0.3 is 24.1 Å². The normalized spacial score (nSPS) is 26.3. The zero-order chi connectivity index (χ0) is 28.0.